The van der Waals surface area contributed by atoms with Gasteiger partial charge in [0.05, 0.1) is 6.61 Å². The molecule has 2 aromatic rings. The number of rotatable bonds is 10. The minimum Gasteiger partial charge on any atom is -0.494 e. The van der Waals surface area contributed by atoms with Gasteiger partial charge in [0.1, 0.15) is 17.5 Å². The molecule has 0 radical (unpaired) electrons. The molecule has 1 amide bonds. The summed E-state index contributed by atoms with van der Waals surface area (Å²) in [6.45, 7) is 0.856. The van der Waals surface area contributed by atoms with Crippen LogP contribution in [-0.4, -0.2) is 63.3 Å². The normalized spacial score (nSPS) is 15.3. The van der Waals surface area contributed by atoms with Gasteiger partial charge in [0.25, 0.3) is 11.5 Å². The van der Waals surface area contributed by atoms with E-state index < -0.39 is 23.9 Å². The monoisotopic (exact) mass is 460 g/mol. The Balaban J connectivity index is 1.48. The lowest BCUT2D eigenvalue weighted by Crippen LogP contribution is -2.41. The number of aromatic nitrogens is 2. The Bertz CT molecular complexity index is 1090. The molecule has 2 atom stereocenters. The van der Waals surface area contributed by atoms with Gasteiger partial charge < -0.3 is 36.6 Å². The first-order valence-electron chi connectivity index (χ1n) is 10.1. The van der Waals surface area contributed by atoms with Crippen molar-refractivity contribution < 1.29 is 29.3 Å². The van der Waals surface area contributed by atoms with Gasteiger partial charge in [0, 0.05) is 31.0 Å². The van der Waals surface area contributed by atoms with Gasteiger partial charge in [-0.25, -0.2) is 4.79 Å². The van der Waals surface area contributed by atoms with Crippen LogP contribution in [0, 0.1) is 0 Å². The summed E-state index contributed by atoms with van der Waals surface area (Å²) < 4.78 is 5.68. The lowest BCUT2D eigenvalue weighted by Gasteiger charge is -2.26. The van der Waals surface area contributed by atoms with Gasteiger partial charge in [-0.1, -0.05) is 0 Å². The van der Waals surface area contributed by atoms with Gasteiger partial charge in [-0.3, -0.25) is 19.4 Å². The highest BCUT2D eigenvalue weighted by Gasteiger charge is 2.22. The third-order valence-electron chi connectivity index (χ3n) is 4.90. The summed E-state index contributed by atoms with van der Waals surface area (Å²) in [5.74, 6) is -2.15. The van der Waals surface area contributed by atoms with Gasteiger partial charge in [-0.2, -0.15) is 4.98 Å². The summed E-state index contributed by atoms with van der Waals surface area (Å²) in [5.41, 5.74) is 5.69. The maximum Gasteiger partial charge on any atom is 0.326 e. The van der Waals surface area contributed by atoms with E-state index >= 15 is 0 Å². The van der Waals surface area contributed by atoms with Crippen LogP contribution in [0.5, 0.6) is 5.75 Å². The fourth-order valence-electron chi connectivity index (χ4n) is 3.19. The molecular weight excluding hydrogens is 436 g/mol. The summed E-state index contributed by atoms with van der Waals surface area (Å²) in [7, 11) is 0. The second kappa shape index (κ2) is 10.3. The smallest absolute Gasteiger partial charge is 0.326 e. The zero-order chi connectivity index (χ0) is 24.0. The zero-order valence-corrected chi connectivity index (χ0v) is 17.5. The van der Waals surface area contributed by atoms with Crippen LogP contribution in [0.25, 0.3) is 0 Å². The number of H-pyrrole nitrogens is 1. The Hall–Kier alpha value is -4.29. The molecule has 0 aliphatic carbocycles. The number of carboxylic acid groups (broad SMARTS) is 2. The largest absolute Gasteiger partial charge is 0.494 e. The molecule has 0 saturated carbocycles. The third kappa shape index (κ3) is 6.35. The zero-order valence-electron chi connectivity index (χ0n) is 17.5. The van der Waals surface area contributed by atoms with Crippen LogP contribution in [0.1, 0.15) is 29.6 Å². The maximum atomic E-state index is 12.3. The lowest BCUT2D eigenvalue weighted by atomic mass is 10.1. The van der Waals surface area contributed by atoms with E-state index in [0.717, 1.165) is 0 Å². The Kier molecular flexibility index (Phi) is 7.33. The number of nitrogens with one attached hydrogen (secondary N) is 4. The number of aromatic amines is 1. The molecule has 2 heterocycles. The van der Waals surface area contributed by atoms with Crippen molar-refractivity contribution in [3.8, 4) is 5.75 Å². The summed E-state index contributed by atoms with van der Waals surface area (Å²) in [4.78, 5) is 52.6. The van der Waals surface area contributed by atoms with Crippen LogP contribution in [0.2, 0.25) is 0 Å². The quantitative estimate of drug-likeness (QED) is 0.252. The SMILES string of the molecule is Nc1nc2c(c(=O)[nH]1)NC(CCOc1ccc(C(=O)NC(CCC(=O)O)C(=O)O)cc1)CN2. The van der Waals surface area contributed by atoms with Gasteiger partial charge in [0.2, 0.25) is 5.95 Å². The molecule has 8 N–H and O–H groups in total. The Morgan fingerprint density at radius 2 is 1.97 bits per heavy atom. The van der Waals surface area contributed by atoms with Crippen LogP contribution in [0.15, 0.2) is 29.1 Å². The van der Waals surface area contributed by atoms with Crippen molar-refractivity contribution in [2.75, 3.05) is 29.5 Å². The number of nitrogens with zero attached hydrogens (tertiary/aromatic N) is 1. The summed E-state index contributed by atoms with van der Waals surface area (Å²) >= 11 is 0. The first kappa shape index (κ1) is 23.4. The average molecular weight is 460 g/mol. The number of hydrogen-bond acceptors (Lipinski definition) is 9. The third-order valence-corrected chi connectivity index (χ3v) is 4.90. The van der Waals surface area contributed by atoms with E-state index in [9.17, 15) is 19.2 Å². The number of nitrogens with two attached hydrogens (primary N) is 1. The van der Waals surface area contributed by atoms with E-state index in [1.54, 1.807) is 12.1 Å². The van der Waals surface area contributed by atoms with Crippen molar-refractivity contribution in [2.24, 2.45) is 0 Å². The van der Waals surface area contributed by atoms with E-state index in [-0.39, 0.29) is 36.0 Å². The number of carbonyl (C=O) groups is 3. The van der Waals surface area contributed by atoms with Crippen molar-refractivity contribution in [1.82, 2.24) is 15.3 Å². The highest BCUT2D eigenvalue weighted by Crippen LogP contribution is 2.21. The topological polar surface area (TPSA) is 209 Å². The van der Waals surface area contributed by atoms with E-state index in [1.807, 2.05) is 0 Å². The number of ether oxygens (including phenoxy) is 1. The molecule has 0 spiro atoms. The first-order valence-corrected chi connectivity index (χ1v) is 10.1. The fraction of sp³-hybridized carbons (Fsp3) is 0.350. The van der Waals surface area contributed by atoms with Crippen LogP contribution in [0.3, 0.4) is 0 Å². The van der Waals surface area contributed by atoms with Crippen molar-refractivity contribution in [2.45, 2.75) is 31.3 Å². The van der Waals surface area contributed by atoms with Gasteiger partial charge in [0.15, 0.2) is 5.82 Å². The van der Waals surface area contributed by atoms with Gasteiger partial charge in [-0.15, -0.1) is 0 Å². The number of hydrogen-bond donors (Lipinski definition) is 7. The number of benzene rings is 1. The standard InChI is InChI=1S/C20H24N6O7/c21-20-25-16-15(18(30)26-20)23-11(9-22-16)7-8-33-12-3-1-10(2-4-12)17(29)24-13(19(31)32)5-6-14(27)28/h1-4,11,13,23H,5-9H2,(H,24,29)(H,27,28)(H,31,32)(H4,21,22,25,26,30). The van der Waals surface area contributed by atoms with Gasteiger partial charge in [-0.05, 0) is 30.7 Å². The van der Waals surface area contributed by atoms with Gasteiger partial charge >= 0.3 is 11.9 Å². The molecule has 13 heteroatoms. The molecule has 33 heavy (non-hydrogen) atoms. The lowest BCUT2D eigenvalue weighted by molar-refractivity contribution is -0.140. The summed E-state index contributed by atoms with van der Waals surface area (Å²) in [5, 5.41) is 26.3. The molecule has 1 aliphatic heterocycles. The van der Waals surface area contributed by atoms with Crippen LogP contribution >= 0.6 is 0 Å². The van der Waals surface area contributed by atoms with Crippen LogP contribution in [-0.2, 0) is 9.59 Å². The number of carbonyl (C=O) groups excluding carboxylic acids is 1. The second-order valence-corrected chi connectivity index (χ2v) is 7.36. The van der Waals surface area contributed by atoms with Crippen molar-refractivity contribution in [3.05, 3.63) is 40.2 Å². The highest BCUT2D eigenvalue weighted by molar-refractivity contribution is 5.96. The number of anilines is 3. The Morgan fingerprint density at radius 1 is 1.24 bits per heavy atom. The Morgan fingerprint density at radius 3 is 2.64 bits per heavy atom. The fourth-order valence-corrected chi connectivity index (χ4v) is 3.19. The van der Waals surface area contributed by atoms with Crippen LogP contribution in [0.4, 0.5) is 17.5 Å². The number of carboxylic acids is 2. The molecule has 0 saturated heterocycles. The van der Waals surface area contributed by atoms with Crippen LogP contribution < -0.4 is 32.0 Å². The van der Waals surface area contributed by atoms with E-state index in [4.69, 9.17) is 20.7 Å². The maximum absolute atomic E-state index is 12.3. The van der Waals surface area contributed by atoms with E-state index in [0.29, 0.717) is 36.8 Å². The summed E-state index contributed by atoms with van der Waals surface area (Å²) in [6.07, 6.45) is -0.0241. The summed E-state index contributed by atoms with van der Waals surface area (Å²) in [6, 6.07) is 4.72. The predicted octanol–water partition coefficient (Wildman–Crippen LogP) is 0.0750. The molecular formula is C20H24N6O7. The second-order valence-electron chi connectivity index (χ2n) is 7.36. The minimum absolute atomic E-state index is 0.0331. The molecule has 1 aromatic heterocycles. The first-order chi connectivity index (χ1) is 15.7. The average Bonchev–Trinajstić information content (AvgIpc) is 2.77. The van der Waals surface area contributed by atoms with Crippen molar-refractivity contribution in [1.29, 1.82) is 0 Å². The molecule has 1 aromatic carbocycles. The number of fused-ring (bicyclic) bond motifs is 1. The number of nitrogen functional groups attached to an aromatic ring is 1. The molecule has 0 fully saturated rings. The molecule has 176 valence electrons. The van der Waals surface area contributed by atoms with Crippen molar-refractivity contribution >= 4 is 35.3 Å². The number of amides is 1. The predicted molar refractivity (Wildman–Crippen MR) is 117 cm³/mol. The Labute approximate surface area is 187 Å². The van der Waals surface area contributed by atoms with Crippen molar-refractivity contribution in [3.63, 3.8) is 0 Å². The molecule has 1 aliphatic rings. The van der Waals surface area contributed by atoms with E-state index in [2.05, 4.69) is 25.9 Å². The highest BCUT2D eigenvalue weighted by atomic mass is 16.5. The minimum atomic E-state index is -1.31. The number of aliphatic carboxylic acids is 2. The van der Waals surface area contributed by atoms with E-state index in [1.165, 1.54) is 12.1 Å². The molecule has 13 nitrogen and oxygen atoms in total. The molecule has 2 unspecified atom stereocenters. The molecule has 0 bridgehead atoms. The molecule has 3 rings (SSSR count).